The maximum absolute atomic E-state index is 11.7. The molecule has 0 aromatic rings. The van der Waals surface area contributed by atoms with Crippen LogP contribution < -0.4 is 5.32 Å². The van der Waals surface area contributed by atoms with Crippen LogP contribution in [0.3, 0.4) is 0 Å². The molecule has 0 aliphatic carbocycles. The Morgan fingerprint density at radius 3 is 2.25 bits per heavy atom. The molecular weight excluding hydrogens is 204 g/mol. The molecule has 4 heteroatoms. The van der Waals surface area contributed by atoms with Gasteiger partial charge in [0.1, 0.15) is 0 Å². The van der Waals surface area contributed by atoms with Gasteiger partial charge in [0.05, 0.1) is 12.6 Å². The lowest BCUT2D eigenvalue weighted by Crippen LogP contribution is -2.47. The van der Waals surface area contributed by atoms with Gasteiger partial charge in [0.2, 0.25) is 5.91 Å². The summed E-state index contributed by atoms with van der Waals surface area (Å²) in [6.07, 6.45) is 2.35. The molecule has 4 nitrogen and oxygen atoms in total. The molecule has 1 atom stereocenters. The third-order valence-electron chi connectivity index (χ3n) is 2.99. The molecule has 1 N–H and O–H groups in total. The molecule has 1 amide bonds. The first-order chi connectivity index (χ1) is 7.50. The van der Waals surface area contributed by atoms with Crippen LogP contribution in [0.25, 0.3) is 0 Å². The number of likely N-dealkylation sites (tertiary alicyclic amines) is 1. The van der Waals surface area contributed by atoms with Gasteiger partial charge in [-0.2, -0.15) is 0 Å². The van der Waals surface area contributed by atoms with Gasteiger partial charge >= 0.3 is 0 Å². The number of nitrogens with one attached hydrogen (secondary N) is 1. The third kappa shape index (κ3) is 3.93. The second-order valence-electron chi connectivity index (χ2n) is 4.88. The fraction of sp³-hybridized carbons (Fsp3) is 0.833. The van der Waals surface area contributed by atoms with Crippen molar-refractivity contribution in [3.05, 3.63) is 0 Å². The van der Waals surface area contributed by atoms with Gasteiger partial charge in [-0.15, -0.1) is 0 Å². The lowest BCUT2D eigenvalue weighted by atomic mass is 10.0. The van der Waals surface area contributed by atoms with Crippen molar-refractivity contribution < 1.29 is 9.59 Å². The molecule has 1 saturated heterocycles. The minimum absolute atomic E-state index is 0.0317. The van der Waals surface area contributed by atoms with Crippen molar-refractivity contribution in [2.45, 2.75) is 39.7 Å². The van der Waals surface area contributed by atoms with E-state index in [1.54, 1.807) is 0 Å². The van der Waals surface area contributed by atoms with Crippen LogP contribution in [0.1, 0.15) is 33.6 Å². The zero-order valence-corrected chi connectivity index (χ0v) is 10.5. The van der Waals surface area contributed by atoms with E-state index in [1.807, 2.05) is 13.8 Å². The highest BCUT2D eigenvalue weighted by atomic mass is 16.2. The second-order valence-corrected chi connectivity index (χ2v) is 4.88. The Hall–Kier alpha value is -0.900. The second kappa shape index (κ2) is 5.99. The average molecular weight is 226 g/mol. The normalized spacial score (nSPS) is 18.8. The van der Waals surface area contributed by atoms with E-state index in [9.17, 15) is 9.59 Å². The molecule has 0 bridgehead atoms. The molecule has 0 saturated carbocycles. The molecule has 1 aliphatic heterocycles. The first kappa shape index (κ1) is 13.2. The summed E-state index contributed by atoms with van der Waals surface area (Å²) in [6, 6.07) is -0.338. The quantitative estimate of drug-likeness (QED) is 0.755. The Morgan fingerprint density at radius 2 is 1.81 bits per heavy atom. The van der Waals surface area contributed by atoms with Crippen LogP contribution in [0.15, 0.2) is 0 Å². The van der Waals surface area contributed by atoms with Crippen LogP contribution in [0.5, 0.6) is 0 Å². The summed E-state index contributed by atoms with van der Waals surface area (Å²) in [7, 11) is 0. The van der Waals surface area contributed by atoms with E-state index in [0.717, 1.165) is 13.1 Å². The van der Waals surface area contributed by atoms with E-state index in [0.29, 0.717) is 6.54 Å². The highest BCUT2D eigenvalue weighted by molar-refractivity contribution is 5.88. The average Bonchev–Trinajstić information content (AvgIpc) is 2.65. The maximum atomic E-state index is 11.7. The Bertz CT molecular complexity index is 258. The molecule has 1 aliphatic rings. The summed E-state index contributed by atoms with van der Waals surface area (Å²) in [5, 5.41) is 2.81. The molecular formula is C12H22N2O2. The van der Waals surface area contributed by atoms with Crippen LogP contribution in [0.4, 0.5) is 0 Å². The third-order valence-corrected chi connectivity index (χ3v) is 2.99. The van der Waals surface area contributed by atoms with Gasteiger partial charge in [-0.1, -0.05) is 13.8 Å². The van der Waals surface area contributed by atoms with E-state index in [-0.39, 0.29) is 23.7 Å². The van der Waals surface area contributed by atoms with Gasteiger partial charge < -0.3 is 5.32 Å². The maximum Gasteiger partial charge on any atom is 0.234 e. The molecule has 1 rings (SSSR count). The fourth-order valence-electron chi connectivity index (χ4n) is 2.10. The van der Waals surface area contributed by atoms with Crippen molar-refractivity contribution in [3.63, 3.8) is 0 Å². The fourth-order valence-corrected chi connectivity index (χ4v) is 2.10. The smallest absolute Gasteiger partial charge is 0.234 e. The highest BCUT2D eigenvalue weighted by Gasteiger charge is 2.22. The van der Waals surface area contributed by atoms with Crippen molar-refractivity contribution >= 4 is 11.7 Å². The van der Waals surface area contributed by atoms with Gasteiger partial charge in [0.15, 0.2) is 5.78 Å². The Balaban J connectivity index is 2.38. The molecule has 16 heavy (non-hydrogen) atoms. The minimum atomic E-state index is -0.338. The molecule has 92 valence electrons. The number of ketones is 1. The zero-order valence-electron chi connectivity index (χ0n) is 10.5. The van der Waals surface area contributed by atoms with E-state index in [2.05, 4.69) is 10.2 Å². The van der Waals surface area contributed by atoms with Crippen LogP contribution in [-0.4, -0.2) is 42.3 Å². The van der Waals surface area contributed by atoms with Crippen LogP contribution in [0.2, 0.25) is 0 Å². The van der Waals surface area contributed by atoms with Gasteiger partial charge in [-0.3, -0.25) is 14.5 Å². The molecule has 0 radical (unpaired) electrons. The predicted octanol–water partition coefficient (Wildman–Crippen LogP) is 0.812. The number of hydrogen-bond donors (Lipinski definition) is 1. The number of hydrogen-bond acceptors (Lipinski definition) is 3. The monoisotopic (exact) mass is 226 g/mol. The Morgan fingerprint density at radius 1 is 1.25 bits per heavy atom. The molecule has 0 aromatic carbocycles. The van der Waals surface area contributed by atoms with Crippen molar-refractivity contribution in [2.75, 3.05) is 19.6 Å². The lowest BCUT2D eigenvalue weighted by Gasteiger charge is -2.21. The number of rotatable bonds is 5. The number of nitrogens with zero attached hydrogens (tertiary/aromatic N) is 1. The predicted molar refractivity (Wildman–Crippen MR) is 63.1 cm³/mol. The van der Waals surface area contributed by atoms with Gasteiger partial charge in [-0.25, -0.2) is 0 Å². The van der Waals surface area contributed by atoms with Crippen molar-refractivity contribution in [1.29, 1.82) is 0 Å². The van der Waals surface area contributed by atoms with E-state index >= 15 is 0 Å². The number of Topliss-reactive ketones (excluding diaryl/α,β-unsaturated/α-hetero) is 1. The van der Waals surface area contributed by atoms with E-state index < -0.39 is 0 Å². The summed E-state index contributed by atoms with van der Waals surface area (Å²) in [5.41, 5.74) is 0. The van der Waals surface area contributed by atoms with E-state index in [4.69, 9.17) is 0 Å². The Kier molecular flexibility index (Phi) is 4.93. The van der Waals surface area contributed by atoms with Gasteiger partial charge in [0.25, 0.3) is 0 Å². The Labute approximate surface area is 97.4 Å². The van der Waals surface area contributed by atoms with Crippen molar-refractivity contribution in [2.24, 2.45) is 5.92 Å². The van der Waals surface area contributed by atoms with Crippen molar-refractivity contribution in [3.8, 4) is 0 Å². The molecule has 0 spiro atoms. The summed E-state index contributed by atoms with van der Waals surface area (Å²) in [6.45, 7) is 7.85. The number of amides is 1. The topological polar surface area (TPSA) is 49.4 Å². The number of carbonyl (C=O) groups excluding carboxylic acids is 2. The van der Waals surface area contributed by atoms with E-state index in [1.165, 1.54) is 19.8 Å². The minimum Gasteiger partial charge on any atom is -0.345 e. The van der Waals surface area contributed by atoms with Crippen LogP contribution in [0, 0.1) is 5.92 Å². The molecule has 1 fully saturated rings. The molecule has 0 aromatic heterocycles. The van der Waals surface area contributed by atoms with Crippen LogP contribution >= 0.6 is 0 Å². The summed E-state index contributed by atoms with van der Waals surface area (Å²) >= 11 is 0. The zero-order chi connectivity index (χ0) is 12.1. The summed E-state index contributed by atoms with van der Waals surface area (Å²) in [5.74, 6) is 0.153. The highest BCUT2D eigenvalue weighted by Crippen LogP contribution is 2.07. The first-order valence-corrected chi connectivity index (χ1v) is 6.03. The summed E-state index contributed by atoms with van der Waals surface area (Å²) < 4.78 is 0. The largest absolute Gasteiger partial charge is 0.345 e. The first-order valence-electron chi connectivity index (χ1n) is 6.03. The van der Waals surface area contributed by atoms with Crippen molar-refractivity contribution in [1.82, 2.24) is 10.2 Å². The summed E-state index contributed by atoms with van der Waals surface area (Å²) in [4.78, 5) is 25.2. The van der Waals surface area contributed by atoms with Gasteiger partial charge in [-0.05, 0) is 38.8 Å². The molecule has 1 heterocycles. The number of carbonyl (C=O) groups is 2. The molecule has 1 unspecified atom stereocenters. The standard InChI is InChI=1S/C12H22N2O2/c1-9(2)12(10(3)15)13-11(16)8-14-6-4-5-7-14/h9,12H,4-8H2,1-3H3,(H,13,16). The van der Waals surface area contributed by atoms with Gasteiger partial charge in [0, 0.05) is 0 Å². The van der Waals surface area contributed by atoms with Crippen LogP contribution in [-0.2, 0) is 9.59 Å². The SMILES string of the molecule is CC(=O)C(NC(=O)CN1CCCC1)C(C)C. The lowest BCUT2D eigenvalue weighted by molar-refractivity contribution is -0.128.